The van der Waals surface area contributed by atoms with Gasteiger partial charge >= 0.3 is 0 Å². The lowest BCUT2D eigenvalue weighted by molar-refractivity contribution is 0.850. The number of rotatable bonds is 2. The van der Waals surface area contributed by atoms with Gasteiger partial charge < -0.3 is 5.73 Å². The summed E-state index contributed by atoms with van der Waals surface area (Å²) in [6.07, 6.45) is 3.59. The Labute approximate surface area is 113 Å². The summed E-state index contributed by atoms with van der Waals surface area (Å²) >= 11 is 1.41. The molecule has 0 unspecified atom stereocenters. The van der Waals surface area contributed by atoms with Crippen molar-refractivity contribution in [2.45, 2.75) is 12.1 Å². The van der Waals surface area contributed by atoms with E-state index in [-0.39, 0.29) is 5.95 Å². The number of nitrogens with two attached hydrogens (primary N) is 1. The first kappa shape index (κ1) is 11.8. The highest BCUT2D eigenvalue weighted by atomic mass is 32.2. The van der Waals surface area contributed by atoms with Gasteiger partial charge in [-0.2, -0.15) is 19.5 Å². The third kappa shape index (κ3) is 1.99. The molecule has 0 spiro atoms. The number of pyridine rings is 1. The van der Waals surface area contributed by atoms with Gasteiger partial charge in [-0.15, -0.1) is 5.10 Å². The maximum atomic E-state index is 5.84. The molecule has 0 saturated carbocycles. The predicted molar refractivity (Wildman–Crippen MR) is 72.7 cm³/mol. The number of hydrogen-bond acceptors (Lipinski definition) is 7. The van der Waals surface area contributed by atoms with Crippen LogP contribution in [0.3, 0.4) is 0 Å². The second-order valence-electron chi connectivity index (χ2n) is 3.88. The molecule has 0 aliphatic rings. The van der Waals surface area contributed by atoms with Crippen molar-refractivity contribution in [3.63, 3.8) is 0 Å². The number of fused-ring (bicyclic) bond motifs is 1. The third-order valence-electron chi connectivity index (χ3n) is 2.62. The molecule has 2 N–H and O–H groups in total. The zero-order chi connectivity index (χ0) is 13.4. The maximum Gasteiger partial charge on any atom is 0.258 e. The molecule has 0 saturated heterocycles. The molecule has 3 rings (SSSR count). The second-order valence-corrected chi connectivity index (χ2v) is 4.66. The van der Waals surface area contributed by atoms with Gasteiger partial charge in [-0.05, 0) is 24.8 Å². The lowest BCUT2D eigenvalue weighted by Crippen LogP contribution is -2.04. The second kappa shape index (κ2) is 4.47. The van der Waals surface area contributed by atoms with Gasteiger partial charge in [0.1, 0.15) is 5.69 Å². The first-order valence-corrected chi connectivity index (χ1v) is 6.78. The summed E-state index contributed by atoms with van der Waals surface area (Å²) in [6.45, 7) is 1.95. The van der Waals surface area contributed by atoms with E-state index in [0.717, 1.165) is 11.3 Å². The Hall–Kier alpha value is -2.22. The SMILES string of the molecule is CSc1nc(N)n2nc(-c3ncccc3C)nc2n1. The van der Waals surface area contributed by atoms with Crippen molar-refractivity contribution < 1.29 is 0 Å². The van der Waals surface area contributed by atoms with Crippen LogP contribution in [0.2, 0.25) is 0 Å². The van der Waals surface area contributed by atoms with Crippen LogP contribution in [0.5, 0.6) is 0 Å². The molecule has 19 heavy (non-hydrogen) atoms. The monoisotopic (exact) mass is 273 g/mol. The molecule has 3 aromatic heterocycles. The molecule has 0 amide bonds. The molecular weight excluding hydrogens is 262 g/mol. The Morgan fingerprint density at radius 3 is 2.84 bits per heavy atom. The van der Waals surface area contributed by atoms with Crippen molar-refractivity contribution in [2.75, 3.05) is 12.0 Å². The van der Waals surface area contributed by atoms with Crippen molar-refractivity contribution in [2.24, 2.45) is 0 Å². The molecule has 3 heterocycles. The van der Waals surface area contributed by atoms with Crippen molar-refractivity contribution in [1.82, 2.24) is 29.5 Å². The van der Waals surface area contributed by atoms with Crippen LogP contribution in [0.15, 0.2) is 23.5 Å². The van der Waals surface area contributed by atoms with Crippen molar-refractivity contribution in [3.8, 4) is 11.5 Å². The Balaban J connectivity index is 2.22. The van der Waals surface area contributed by atoms with E-state index in [4.69, 9.17) is 5.73 Å². The summed E-state index contributed by atoms with van der Waals surface area (Å²) in [5, 5.41) is 4.87. The van der Waals surface area contributed by atoms with Crippen LogP contribution in [-0.2, 0) is 0 Å². The van der Waals surface area contributed by atoms with E-state index in [1.807, 2.05) is 25.3 Å². The number of thioether (sulfide) groups is 1. The molecule has 3 aromatic rings. The highest BCUT2D eigenvalue weighted by Crippen LogP contribution is 2.19. The van der Waals surface area contributed by atoms with Crippen molar-refractivity contribution >= 4 is 23.5 Å². The van der Waals surface area contributed by atoms with Crippen LogP contribution in [0.25, 0.3) is 17.3 Å². The van der Waals surface area contributed by atoms with E-state index in [1.54, 1.807) is 6.20 Å². The molecule has 0 atom stereocenters. The van der Waals surface area contributed by atoms with E-state index in [1.165, 1.54) is 16.3 Å². The Morgan fingerprint density at radius 1 is 1.26 bits per heavy atom. The Bertz CT molecular complexity index is 752. The average Bonchev–Trinajstić information content (AvgIpc) is 2.83. The lowest BCUT2D eigenvalue weighted by atomic mass is 10.2. The predicted octanol–water partition coefficient (Wildman–Crippen LogP) is 1.19. The topological polar surface area (TPSA) is 94.9 Å². The van der Waals surface area contributed by atoms with E-state index in [2.05, 4.69) is 25.0 Å². The van der Waals surface area contributed by atoms with Gasteiger partial charge in [0.15, 0.2) is 5.16 Å². The minimum Gasteiger partial charge on any atom is -0.368 e. The van der Waals surface area contributed by atoms with Gasteiger partial charge in [-0.25, -0.2) is 0 Å². The quantitative estimate of drug-likeness (QED) is 0.701. The van der Waals surface area contributed by atoms with Crippen LogP contribution >= 0.6 is 11.8 Å². The molecule has 0 aliphatic carbocycles. The van der Waals surface area contributed by atoms with Crippen molar-refractivity contribution in [1.29, 1.82) is 0 Å². The lowest BCUT2D eigenvalue weighted by Gasteiger charge is -1.98. The van der Waals surface area contributed by atoms with Crippen molar-refractivity contribution in [3.05, 3.63) is 23.9 Å². The zero-order valence-corrected chi connectivity index (χ0v) is 11.2. The van der Waals surface area contributed by atoms with Crippen LogP contribution in [0.4, 0.5) is 5.95 Å². The standard InChI is InChI=1S/C11H11N7S/c1-6-4-3-5-13-7(6)8-14-10-16-11(19-2)15-9(12)18(10)17-8/h3-5H,1-2H3,(H2,12,14,15,16,17). The van der Waals surface area contributed by atoms with E-state index < -0.39 is 0 Å². The van der Waals surface area contributed by atoms with E-state index in [9.17, 15) is 0 Å². The number of nitrogens with zero attached hydrogens (tertiary/aromatic N) is 6. The smallest absolute Gasteiger partial charge is 0.258 e. The van der Waals surface area contributed by atoms with Gasteiger partial charge in [0.25, 0.3) is 5.78 Å². The molecule has 0 radical (unpaired) electrons. The summed E-state index contributed by atoms with van der Waals surface area (Å²) in [4.78, 5) is 17.0. The minimum atomic E-state index is 0.265. The Kier molecular flexibility index (Phi) is 2.79. The summed E-state index contributed by atoms with van der Waals surface area (Å²) in [7, 11) is 0. The molecule has 0 aliphatic heterocycles. The average molecular weight is 273 g/mol. The van der Waals surface area contributed by atoms with Gasteiger partial charge in [0.05, 0.1) is 0 Å². The number of nitrogen functional groups attached to an aromatic ring is 1. The van der Waals surface area contributed by atoms with Gasteiger partial charge in [-0.3, -0.25) is 4.98 Å². The maximum absolute atomic E-state index is 5.84. The zero-order valence-electron chi connectivity index (χ0n) is 10.4. The van der Waals surface area contributed by atoms with Crippen LogP contribution < -0.4 is 5.73 Å². The fourth-order valence-corrected chi connectivity index (χ4v) is 2.05. The van der Waals surface area contributed by atoms with Gasteiger partial charge in [0, 0.05) is 6.20 Å². The fourth-order valence-electron chi connectivity index (χ4n) is 1.70. The summed E-state index contributed by atoms with van der Waals surface area (Å²) in [5.41, 5.74) is 7.55. The summed E-state index contributed by atoms with van der Waals surface area (Å²) in [5.74, 6) is 1.19. The summed E-state index contributed by atoms with van der Waals surface area (Å²) < 4.78 is 1.42. The number of hydrogen-bond donors (Lipinski definition) is 1. The summed E-state index contributed by atoms with van der Waals surface area (Å²) in [6, 6.07) is 3.82. The van der Waals surface area contributed by atoms with Gasteiger partial charge in [-0.1, -0.05) is 17.8 Å². The van der Waals surface area contributed by atoms with Gasteiger partial charge in [0.2, 0.25) is 11.8 Å². The molecule has 96 valence electrons. The molecule has 8 heteroatoms. The molecule has 7 nitrogen and oxygen atoms in total. The normalized spacial score (nSPS) is 11.1. The first-order valence-electron chi connectivity index (χ1n) is 5.55. The van der Waals surface area contributed by atoms with Crippen LogP contribution in [0, 0.1) is 6.92 Å². The van der Waals surface area contributed by atoms with Crippen LogP contribution in [0.1, 0.15) is 5.56 Å². The number of aromatic nitrogens is 6. The number of anilines is 1. The Morgan fingerprint density at radius 2 is 2.11 bits per heavy atom. The first-order chi connectivity index (χ1) is 9.19. The van der Waals surface area contributed by atoms with E-state index >= 15 is 0 Å². The minimum absolute atomic E-state index is 0.265. The highest BCUT2D eigenvalue weighted by Gasteiger charge is 2.13. The van der Waals surface area contributed by atoms with E-state index in [0.29, 0.717) is 16.8 Å². The largest absolute Gasteiger partial charge is 0.368 e. The fraction of sp³-hybridized carbons (Fsp3) is 0.182. The molecule has 0 fully saturated rings. The highest BCUT2D eigenvalue weighted by molar-refractivity contribution is 7.98. The molecule has 0 bridgehead atoms. The molecule has 0 aromatic carbocycles. The number of aryl methyl sites for hydroxylation is 1. The third-order valence-corrected chi connectivity index (χ3v) is 3.16. The molecular formula is C11H11N7S. The van der Waals surface area contributed by atoms with Crippen LogP contribution in [-0.4, -0.2) is 35.8 Å².